The van der Waals surface area contributed by atoms with E-state index < -0.39 is 0 Å². The van der Waals surface area contributed by atoms with Crippen molar-refractivity contribution < 1.29 is 0 Å². The second kappa shape index (κ2) is 9.15. The first-order valence-corrected chi connectivity index (χ1v) is 9.50. The Balaban J connectivity index is 1.47. The predicted octanol–water partition coefficient (Wildman–Crippen LogP) is 2.82. The van der Waals surface area contributed by atoms with E-state index in [-0.39, 0.29) is 0 Å². The Bertz CT molecular complexity index is 820. The van der Waals surface area contributed by atoms with Crippen LogP contribution in [-0.2, 0) is 26.1 Å². The van der Waals surface area contributed by atoms with E-state index in [1.54, 1.807) is 24.6 Å². The van der Waals surface area contributed by atoms with Crippen molar-refractivity contribution in [2.24, 2.45) is 4.99 Å². The van der Waals surface area contributed by atoms with Crippen molar-refractivity contribution in [2.75, 3.05) is 7.05 Å². The molecule has 3 aromatic rings. The van der Waals surface area contributed by atoms with Crippen molar-refractivity contribution in [3.63, 3.8) is 0 Å². The van der Waals surface area contributed by atoms with Gasteiger partial charge in [0.2, 0.25) is 0 Å². The summed E-state index contributed by atoms with van der Waals surface area (Å²) in [5, 5.41) is 7.73. The van der Waals surface area contributed by atoms with E-state index in [0.29, 0.717) is 6.54 Å². The molecule has 0 radical (unpaired) electrons. The molecule has 1 aromatic carbocycles. The van der Waals surface area contributed by atoms with Crippen LogP contribution in [0, 0.1) is 0 Å². The number of hydrogen-bond donors (Lipinski definition) is 2. The van der Waals surface area contributed by atoms with Crippen molar-refractivity contribution in [1.29, 1.82) is 0 Å². The average Bonchev–Trinajstić information content (AvgIpc) is 3.35. The van der Waals surface area contributed by atoms with E-state index in [4.69, 9.17) is 0 Å². The normalized spacial score (nSPS) is 11.5. The summed E-state index contributed by atoms with van der Waals surface area (Å²) < 4.78 is 2.06. The number of nitrogens with one attached hydrogen (secondary N) is 2. The molecule has 0 atom stereocenters. The van der Waals surface area contributed by atoms with Gasteiger partial charge in [0.25, 0.3) is 0 Å². The van der Waals surface area contributed by atoms with Gasteiger partial charge in [-0.15, -0.1) is 11.3 Å². The Morgan fingerprint density at radius 1 is 1.15 bits per heavy atom. The highest BCUT2D eigenvalue weighted by Gasteiger charge is 2.03. The van der Waals surface area contributed by atoms with E-state index in [1.807, 2.05) is 18.7 Å². The first kappa shape index (κ1) is 18.1. The molecule has 0 fully saturated rings. The van der Waals surface area contributed by atoms with Crippen LogP contribution in [0.1, 0.15) is 27.9 Å². The molecule has 2 aromatic heterocycles. The Labute approximate surface area is 158 Å². The summed E-state index contributed by atoms with van der Waals surface area (Å²) in [6, 6.07) is 8.58. The van der Waals surface area contributed by atoms with Gasteiger partial charge in [0.1, 0.15) is 5.01 Å². The fourth-order valence-electron chi connectivity index (χ4n) is 2.51. The molecule has 136 valence electrons. The predicted molar refractivity (Wildman–Crippen MR) is 106 cm³/mol. The smallest absolute Gasteiger partial charge is 0.191 e. The molecular weight excluding hydrogens is 344 g/mol. The maximum absolute atomic E-state index is 4.42. The standard InChI is InChI=1S/C19H24N6S/c1-3-17-11-22-18(26-17)12-24-19(20-2)23-10-15-4-6-16(7-5-15)13-25-9-8-21-14-25/h4-9,11,14H,3,10,12-13H2,1-2H3,(H2,20,23,24). The van der Waals surface area contributed by atoms with Gasteiger partial charge in [-0.25, -0.2) is 9.97 Å². The summed E-state index contributed by atoms with van der Waals surface area (Å²) >= 11 is 1.74. The zero-order valence-electron chi connectivity index (χ0n) is 15.1. The van der Waals surface area contributed by atoms with Gasteiger partial charge >= 0.3 is 0 Å². The largest absolute Gasteiger partial charge is 0.352 e. The number of aryl methyl sites for hydroxylation is 1. The van der Waals surface area contributed by atoms with Crippen molar-refractivity contribution >= 4 is 17.3 Å². The molecule has 2 heterocycles. The Morgan fingerprint density at radius 3 is 2.58 bits per heavy atom. The molecule has 0 spiro atoms. The number of hydrogen-bond acceptors (Lipinski definition) is 4. The summed E-state index contributed by atoms with van der Waals surface area (Å²) in [6.45, 7) is 4.40. The molecule has 0 bridgehead atoms. The first-order valence-electron chi connectivity index (χ1n) is 8.68. The Kier molecular flexibility index (Phi) is 6.38. The van der Waals surface area contributed by atoms with Crippen molar-refractivity contribution in [1.82, 2.24) is 25.2 Å². The van der Waals surface area contributed by atoms with Crippen LogP contribution in [-0.4, -0.2) is 27.5 Å². The third kappa shape index (κ3) is 5.16. The number of thiazole rings is 1. The lowest BCUT2D eigenvalue weighted by Gasteiger charge is -2.11. The van der Waals surface area contributed by atoms with Gasteiger partial charge in [0.05, 0.1) is 12.9 Å². The van der Waals surface area contributed by atoms with E-state index in [2.05, 4.69) is 61.4 Å². The number of aromatic nitrogens is 3. The maximum atomic E-state index is 4.42. The number of rotatable bonds is 7. The molecule has 0 aliphatic heterocycles. The van der Waals surface area contributed by atoms with E-state index in [0.717, 1.165) is 30.5 Å². The number of aliphatic imine (C=N–C) groups is 1. The third-order valence-corrected chi connectivity index (χ3v) is 5.13. The van der Waals surface area contributed by atoms with Gasteiger partial charge in [-0.2, -0.15) is 0 Å². The average molecular weight is 369 g/mol. The van der Waals surface area contributed by atoms with Crippen LogP contribution in [0.15, 0.2) is 54.2 Å². The molecule has 2 N–H and O–H groups in total. The first-order chi connectivity index (χ1) is 12.8. The van der Waals surface area contributed by atoms with Crippen LogP contribution in [0.3, 0.4) is 0 Å². The highest BCUT2D eigenvalue weighted by atomic mass is 32.1. The summed E-state index contributed by atoms with van der Waals surface area (Å²) in [5.74, 6) is 0.778. The minimum atomic E-state index is 0.689. The SMILES string of the molecule is CCc1cnc(CNC(=NC)NCc2ccc(Cn3ccnc3)cc2)s1. The summed E-state index contributed by atoms with van der Waals surface area (Å²) in [6.07, 6.45) is 8.57. The zero-order chi connectivity index (χ0) is 18.2. The number of benzene rings is 1. The highest BCUT2D eigenvalue weighted by Crippen LogP contribution is 2.12. The summed E-state index contributed by atoms with van der Waals surface area (Å²) in [5.41, 5.74) is 2.47. The second-order valence-electron chi connectivity index (χ2n) is 5.90. The van der Waals surface area contributed by atoms with Crippen LogP contribution in [0.2, 0.25) is 0 Å². The van der Waals surface area contributed by atoms with Crippen molar-refractivity contribution in [3.8, 4) is 0 Å². The molecule has 0 aliphatic carbocycles. The summed E-state index contributed by atoms with van der Waals surface area (Å²) in [4.78, 5) is 14.1. The fourth-order valence-corrected chi connectivity index (χ4v) is 3.31. The van der Waals surface area contributed by atoms with Gasteiger partial charge in [0.15, 0.2) is 5.96 Å². The van der Waals surface area contributed by atoms with Crippen LogP contribution < -0.4 is 10.6 Å². The zero-order valence-corrected chi connectivity index (χ0v) is 16.0. The van der Waals surface area contributed by atoms with Gasteiger partial charge in [0, 0.05) is 43.6 Å². The third-order valence-electron chi connectivity index (χ3n) is 3.99. The van der Waals surface area contributed by atoms with Gasteiger partial charge in [-0.3, -0.25) is 4.99 Å². The molecule has 0 saturated carbocycles. The van der Waals surface area contributed by atoms with Gasteiger partial charge < -0.3 is 15.2 Å². The summed E-state index contributed by atoms with van der Waals surface area (Å²) in [7, 11) is 1.78. The van der Waals surface area contributed by atoms with Crippen LogP contribution in [0.25, 0.3) is 0 Å². The molecule has 7 heteroatoms. The van der Waals surface area contributed by atoms with E-state index >= 15 is 0 Å². The second-order valence-corrected chi connectivity index (χ2v) is 7.10. The van der Waals surface area contributed by atoms with Crippen LogP contribution >= 0.6 is 11.3 Å². The van der Waals surface area contributed by atoms with E-state index in [1.165, 1.54) is 16.0 Å². The molecule has 0 aliphatic rings. The molecular formula is C19H24N6S. The van der Waals surface area contributed by atoms with E-state index in [9.17, 15) is 0 Å². The monoisotopic (exact) mass is 368 g/mol. The Morgan fingerprint density at radius 2 is 1.92 bits per heavy atom. The topological polar surface area (TPSA) is 67.1 Å². The molecule has 0 unspecified atom stereocenters. The fraction of sp³-hybridized carbons (Fsp3) is 0.316. The number of nitrogens with zero attached hydrogens (tertiary/aromatic N) is 4. The number of guanidine groups is 1. The van der Waals surface area contributed by atoms with Crippen LogP contribution in [0.4, 0.5) is 0 Å². The minimum absolute atomic E-state index is 0.689. The lowest BCUT2D eigenvalue weighted by molar-refractivity contribution is 0.791. The van der Waals surface area contributed by atoms with Crippen LogP contribution in [0.5, 0.6) is 0 Å². The van der Waals surface area contributed by atoms with Crippen molar-refractivity contribution in [3.05, 3.63) is 70.2 Å². The quantitative estimate of drug-likeness (QED) is 0.497. The molecule has 6 nitrogen and oxygen atoms in total. The Hall–Kier alpha value is -2.67. The van der Waals surface area contributed by atoms with Gasteiger partial charge in [-0.1, -0.05) is 31.2 Å². The number of imidazole rings is 1. The molecule has 3 rings (SSSR count). The highest BCUT2D eigenvalue weighted by molar-refractivity contribution is 7.11. The molecule has 0 amide bonds. The minimum Gasteiger partial charge on any atom is -0.352 e. The lowest BCUT2D eigenvalue weighted by Crippen LogP contribution is -2.36. The van der Waals surface area contributed by atoms with Gasteiger partial charge in [-0.05, 0) is 17.5 Å². The molecule has 0 saturated heterocycles. The van der Waals surface area contributed by atoms with Crippen molar-refractivity contribution in [2.45, 2.75) is 33.0 Å². The lowest BCUT2D eigenvalue weighted by atomic mass is 10.1. The maximum Gasteiger partial charge on any atom is 0.191 e. The molecule has 26 heavy (non-hydrogen) atoms.